The number of carbonyl (C=O) groups is 1. The molecule has 2 heterocycles. The van der Waals surface area contributed by atoms with Gasteiger partial charge >= 0.3 is 5.97 Å². The number of carbonyl (C=O) groups excluding carboxylic acids is 1. The van der Waals surface area contributed by atoms with Gasteiger partial charge < -0.3 is 18.7 Å². The van der Waals surface area contributed by atoms with Crippen LogP contribution in [0.4, 0.5) is 0 Å². The molecule has 0 saturated heterocycles. The van der Waals surface area contributed by atoms with Crippen molar-refractivity contribution in [2.24, 2.45) is 0 Å². The van der Waals surface area contributed by atoms with Crippen LogP contribution in [0.25, 0.3) is 0 Å². The van der Waals surface area contributed by atoms with E-state index in [1.807, 2.05) is 0 Å². The Bertz CT molecular complexity index is 527. The van der Waals surface area contributed by atoms with Crippen LogP contribution in [0.15, 0.2) is 37.8 Å². The molecule has 2 aromatic heterocycles. The molecule has 0 saturated carbocycles. The molecule has 17 heavy (non-hydrogen) atoms. The quantitative estimate of drug-likeness (QED) is 0.882. The standard InChI is InChI=1S/C11H9BrO5/c1-15-11(14)8-3-2-6(16-8)10(13)7-4-5-9(12)17-7/h2-5,10,13H,1H3. The van der Waals surface area contributed by atoms with Crippen molar-refractivity contribution in [1.82, 2.24) is 0 Å². The van der Waals surface area contributed by atoms with Gasteiger partial charge in [0.25, 0.3) is 0 Å². The molecule has 0 spiro atoms. The lowest BCUT2D eigenvalue weighted by Crippen LogP contribution is -1.99. The lowest BCUT2D eigenvalue weighted by Gasteiger charge is -2.03. The fraction of sp³-hybridized carbons (Fsp3) is 0.182. The first-order valence-electron chi connectivity index (χ1n) is 4.73. The van der Waals surface area contributed by atoms with Gasteiger partial charge in [0.2, 0.25) is 5.76 Å². The minimum Gasteiger partial charge on any atom is -0.463 e. The second-order valence-electron chi connectivity index (χ2n) is 3.24. The lowest BCUT2D eigenvalue weighted by molar-refractivity contribution is 0.0556. The average molecular weight is 301 g/mol. The summed E-state index contributed by atoms with van der Waals surface area (Å²) in [6.07, 6.45) is -1.06. The van der Waals surface area contributed by atoms with Gasteiger partial charge in [-0.1, -0.05) is 0 Å². The van der Waals surface area contributed by atoms with Gasteiger partial charge in [-0.05, 0) is 40.2 Å². The third-order valence-corrected chi connectivity index (χ3v) is 2.57. The number of esters is 1. The number of methoxy groups -OCH3 is 1. The minimum absolute atomic E-state index is 0.0344. The number of aliphatic hydroxyl groups excluding tert-OH is 1. The molecule has 1 N–H and O–H groups in total. The zero-order valence-electron chi connectivity index (χ0n) is 8.84. The van der Waals surface area contributed by atoms with E-state index in [0.29, 0.717) is 10.4 Å². The van der Waals surface area contributed by atoms with Crippen molar-refractivity contribution in [3.05, 3.63) is 46.2 Å². The van der Waals surface area contributed by atoms with Crippen LogP contribution in [0, 0.1) is 0 Å². The Hall–Kier alpha value is -1.53. The molecule has 0 aromatic carbocycles. The van der Waals surface area contributed by atoms with Gasteiger partial charge in [-0.15, -0.1) is 0 Å². The van der Waals surface area contributed by atoms with Crippen LogP contribution >= 0.6 is 15.9 Å². The fourth-order valence-corrected chi connectivity index (χ4v) is 1.64. The van der Waals surface area contributed by atoms with Crippen molar-refractivity contribution in [2.75, 3.05) is 7.11 Å². The Morgan fingerprint density at radius 1 is 1.29 bits per heavy atom. The van der Waals surface area contributed by atoms with Crippen LogP contribution in [0.2, 0.25) is 0 Å². The fourth-order valence-electron chi connectivity index (χ4n) is 1.33. The summed E-state index contributed by atoms with van der Waals surface area (Å²) in [5.74, 6) is -0.0221. The highest BCUT2D eigenvalue weighted by Crippen LogP contribution is 2.27. The van der Waals surface area contributed by atoms with Gasteiger partial charge in [0.15, 0.2) is 10.8 Å². The second kappa shape index (κ2) is 4.77. The number of aliphatic hydroxyl groups is 1. The van der Waals surface area contributed by atoms with Gasteiger partial charge in [0.1, 0.15) is 11.5 Å². The van der Waals surface area contributed by atoms with Crippen molar-refractivity contribution in [3.63, 3.8) is 0 Å². The lowest BCUT2D eigenvalue weighted by atomic mass is 10.2. The van der Waals surface area contributed by atoms with Crippen molar-refractivity contribution in [2.45, 2.75) is 6.10 Å². The minimum atomic E-state index is -1.06. The van der Waals surface area contributed by atoms with Crippen LogP contribution in [0.1, 0.15) is 28.2 Å². The van der Waals surface area contributed by atoms with Crippen molar-refractivity contribution in [3.8, 4) is 0 Å². The van der Waals surface area contributed by atoms with Crippen molar-refractivity contribution in [1.29, 1.82) is 0 Å². The van der Waals surface area contributed by atoms with Crippen LogP contribution in [0.3, 0.4) is 0 Å². The van der Waals surface area contributed by atoms with Crippen LogP contribution in [-0.2, 0) is 4.74 Å². The van der Waals surface area contributed by atoms with Crippen molar-refractivity contribution < 1.29 is 23.5 Å². The van der Waals surface area contributed by atoms with E-state index in [-0.39, 0.29) is 11.5 Å². The molecule has 1 unspecified atom stereocenters. The summed E-state index contributed by atoms with van der Waals surface area (Å²) in [6.45, 7) is 0. The van der Waals surface area contributed by atoms with E-state index in [1.165, 1.54) is 19.2 Å². The maximum Gasteiger partial charge on any atom is 0.373 e. The Labute approximate surface area is 105 Å². The molecule has 1 atom stereocenters. The summed E-state index contributed by atoms with van der Waals surface area (Å²) in [4.78, 5) is 11.2. The molecule has 90 valence electrons. The SMILES string of the molecule is COC(=O)c1ccc(C(O)c2ccc(Br)o2)o1. The molecule has 2 rings (SSSR count). The van der Waals surface area contributed by atoms with Crippen molar-refractivity contribution >= 4 is 21.9 Å². The zero-order valence-corrected chi connectivity index (χ0v) is 10.4. The number of rotatable bonds is 3. The maximum absolute atomic E-state index is 11.2. The van der Waals surface area contributed by atoms with Crippen LogP contribution in [0.5, 0.6) is 0 Å². The predicted octanol–water partition coefficient (Wildman–Crippen LogP) is 2.50. The Kier molecular flexibility index (Phi) is 3.35. The van der Waals surface area contributed by atoms with Crippen LogP contribution in [-0.4, -0.2) is 18.2 Å². The first kappa shape index (κ1) is 11.9. The third kappa shape index (κ3) is 2.42. The number of furan rings is 2. The molecule has 0 aliphatic rings. The van der Waals surface area contributed by atoms with E-state index < -0.39 is 12.1 Å². The van der Waals surface area contributed by atoms with Gasteiger partial charge in [0, 0.05) is 0 Å². The molecular formula is C11H9BrO5. The predicted molar refractivity (Wildman–Crippen MR) is 60.5 cm³/mol. The number of hydrogen-bond donors (Lipinski definition) is 1. The van der Waals surface area contributed by atoms with Crippen LogP contribution < -0.4 is 0 Å². The first-order chi connectivity index (χ1) is 8.11. The molecule has 0 radical (unpaired) electrons. The smallest absolute Gasteiger partial charge is 0.373 e. The first-order valence-corrected chi connectivity index (χ1v) is 5.52. The Morgan fingerprint density at radius 2 is 1.94 bits per heavy atom. The molecule has 0 aliphatic heterocycles. The molecule has 0 bridgehead atoms. The summed E-state index contributed by atoms with van der Waals surface area (Å²) >= 11 is 3.13. The van der Waals surface area contributed by atoms with Gasteiger partial charge in [-0.3, -0.25) is 0 Å². The highest BCUT2D eigenvalue weighted by atomic mass is 79.9. The zero-order chi connectivity index (χ0) is 12.4. The molecular weight excluding hydrogens is 292 g/mol. The van der Waals surface area contributed by atoms with E-state index >= 15 is 0 Å². The van der Waals surface area contributed by atoms with Gasteiger partial charge in [-0.25, -0.2) is 4.79 Å². The molecule has 0 amide bonds. The highest BCUT2D eigenvalue weighted by Gasteiger charge is 2.20. The number of halogens is 1. The summed E-state index contributed by atoms with van der Waals surface area (Å²) in [7, 11) is 1.25. The number of hydrogen-bond acceptors (Lipinski definition) is 5. The highest BCUT2D eigenvalue weighted by molar-refractivity contribution is 9.10. The maximum atomic E-state index is 11.2. The Morgan fingerprint density at radius 3 is 2.53 bits per heavy atom. The monoisotopic (exact) mass is 300 g/mol. The van der Waals surface area contributed by atoms with E-state index in [2.05, 4.69) is 20.7 Å². The summed E-state index contributed by atoms with van der Waals surface area (Å²) in [5, 5.41) is 9.91. The summed E-state index contributed by atoms with van der Waals surface area (Å²) < 4.78 is 15.3. The van der Waals surface area contributed by atoms with E-state index in [4.69, 9.17) is 8.83 Å². The molecule has 0 fully saturated rings. The molecule has 6 heteroatoms. The largest absolute Gasteiger partial charge is 0.463 e. The van der Waals surface area contributed by atoms with E-state index in [1.54, 1.807) is 12.1 Å². The Balaban J connectivity index is 2.23. The summed E-state index contributed by atoms with van der Waals surface area (Å²) in [5.41, 5.74) is 0. The summed E-state index contributed by atoms with van der Waals surface area (Å²) in [6, 6.07) is 6.19. The second-order valence-corrected chi connectivity index (χ2v) is 4.02. The normalized spacial score (nSPS) is 12.4. The molecule has 2 aromatic rings. The van der Waals surface area contributed by atoms with Gasteiger partial charge in [-0.2, -0.15) is 0 Å². The van der Waals surface area contributed by atoms with E-state index in [0.717, 1.165) is 0 Å². The molecule has 0 aliphatic carbocycles. The van der Waals surface area contributed by atoms with Gasteiger partial charge in [0.05, 0.1) is 7.11 Å². The van der Waals surface area contributed by atoms with E-state index in [9.17, 15) is 9.90 Å². The topological polar surface area (TPSA) is 72.8 Å². The third-order valence-electron chi connectivity index (χ3n) is 2.15. The average Bonchev–Trinajstić information content (AvgIpc) is 2.95. The molecule has 5 nitrogen and oxygen atoms in total. The number of ether oxygens (including phenoxy) is 1.